The van der Waals surface area contributed by atoms with Gasteiger partial charge in [-0.2, -0.15) is 9.61 Å². The molecular weight excluding hydrogens is 164 g/mol. The van der Waals surface area contributed by atoms with E-state index >= 15 is 0 Å². The maximum atomic E-state index is 4.36. The van der Waals surface area contributed by atoms with Crippen molar-refractivity contribution in [3.05, 3.63) is 16.7 Å². The van der Waals surface area contributed by atoms with Crippen molar-refractivity contribution < 1.29 is 0 Å². The van der Waals surface area contributed by atoms with Gasteiger partial charge in [-0.25, -0.2) is 0 Å². The third-order valence-corrected chi connectivity index (χ3v) is 2.13. The molecule has 2 aromatic heterocycles. The molecule has 13 heavy (non-hydrogen) atoms. The third-order valence-electron chi connectivity index (χ3n) is 2.13. The average molecular weight is 176 g/mol. The first-order valence-electron chi connectivity index (χ1n) is 4.27. The summed E-state index contributed by atoms with van der Waals surface area (Å²) in [5.74, 6) is 0.839. The van der Waals surface area contributed by atoms with E-state index in [1.807, 2.05) is 13.8 Å². The van der Waals surface area contributed by atoms with E-state index in [1.165, 1.54) is 5.57 Å². The summed E-state index contributed by atoms with van der Waals surface area (Å²) in [5, 5.41) is 13.6. The molecule has 68 valence electrons. The smallest absolute Gasteiger partial charge is 0.186 e. The minimum atomic E-state index is 0.839. The zero-order valence-electron chi connectivity index (χ0n) is 8.29. The average Bonchev–Trinajstić information content (AvgIpc) is 2.51. The molecule has 0 N–H and O–H groups in total. The first-order chi connectivity index (χ1) is 6.11. The zero-order chi connectivity index (χ0) is 9.59. The Balaban J connectivity index is 3.04. The molecule has 0 saturated heterocycles. The van der Waals surface area contributed by atoms with E-state index in [2.05, 4.69) is 29.1 Å². The summed E-state index contributed by atoms with van der Waals surface area (Å²) < 4.78 is 1.79. The minimum Gasteiger partial charge on any atom is -0.197 e. The molecule has 0 aliphatic carbocycles. The molecule has 0 saturated carbocycles. The van der Waals surface area contributed by atoms with Gasteiger partial charge >= 0.3 is 0 Å². The molecule has 0 radical (unpaired) electrons. The van der Waals surface area contributed by atoms with Crippen LogP contribution in [0.4, 0.5) is 0 Å². The molecule has 0 fully saturated rings. The summed E-state index contributed by atoms with van der Waals surface area (Å²) in [4.78, 5) is 0. The molecule has 2 heterocycles. The van der Waals surface area contributed by atoms with Crippen LogP contribution >= 0.6 is 0 Å². The van der Waals surface area contributed by atoms with Gasteiger partial charge in [0, 0.05) is 5.22 Å². The number of nitrogens with zero attached hydrogens (tertiary/aromatic N) is 4. The van der Waals surface area contributed by atoms with Crippen LogP contribution in [0.25, 0.3) is 11.2 Å². The van der Waals surface area contributed by atoms with Gasteiger partial charge in [0.2, 0.25) is 0 Å². The SMILES string of the molecule is CC(C)=c1c(C)nn2c(C)nnc12. The molecule has 2 aromatic rings. The van der Waals surface area contributed by atoms with Crippen molar-refractivity contribution in [3.63, 3.8) is 0 Å². The Morgan fingerprint density at radius 1 is 1.15 bits per heavy atom. The van der Waals surface area contributed by atoms with Crippen molar-refractivity contribution >= 4 is 11.2 Å². The molecule has 4 nitrogen and oxygen atoms in total. The van der Waals surface area contributed by atoms with Gasteiger partial charge in [0.05, 0.1) is 5.69 Å². The summed E-state index contributed by atoms with van der Waals surface area (Å²) >= 11 is 0. The number of hydrogen-bond donors (Lipinski definition) is 0. The number of aromatic nitrogens is 4. The van der Waals surface area contributed by atoms with Crippen LogP contribution in [0.5, 0.6) is 0 Å². The Bertz CT molecular complexity index is 505. The second-order valence-electron chi connectivity index (χ2n) is 3.44. The molecule has 0 aromatic carbocycles. The fraction of sp³-hybridized carbons (Fsp3) is 0.444. The predicted molar refractivity (Wildman–Crippen MR) is 50.2 cm³/mol. The Labute approximate surface area is 76.3 Å². The lowest BCUT2D eigenvalue weighted by atomic mass is 10.2. The van der Waals surface area contributed by atoms with E-state index in [-0.39, 0.29) is 0 Å². The van der Waals surface area contributed by atoms with Gasteiger partial charge in [0.25, 0.3) is 0 Å². The van der Waals surface area contributed by atoms with Crippen LogP contribution in [0.15, 0.2) is 0 Å². The standard InChI is InChI=1S/C9H12N4/c1-5(2)8-6(3)12-13-7(4)10-11-9(8)13/h1-4H3. The van der Waals surface area contributed by atoms with E-state index in [0.29, 0.717) is 0 Å². The second kappa shape index (κ2) is 2.52. The summed E-state index contributed by atoms with van der Waals surface area (Å²) in [6.45, 7) is 8.03. The molecule has 2 rings (SSSR count). The Morgan fingerprint density at radius 2 is 1.85 bits per heavy atom. The van der Waals surface area contributed by atoms with Crippen molar-refractivity contribution in [3.8, 4) is 0 Å². The summed E-state index contributed by atoms with van der Waals surface area (Å²) in [6, 6.07) is 0. The molecule has 4 heteroatoms. The van der Waals surface area contributed by atoms with Gasteiger partial charge in [0.1, 0.15) is 0 Å². The lowest BCUT2D eigenvalue weighted by Gasteiger charge is -1.84. The van der Waals surface area contributed by atoms with E-state index in [9.17, 15) is 0 Å². The van der Waals surface area contributed by atoms with E-state index in [4.69, 9.17) is 0 Å². The lowest BCUT2D eigenvalue weighted by molar-refractivity contribution is 0.875. The highest BCUT2D eigenvalue weighted by molar-refractivity contribution is 5.53. The molecule has 0 amide bonds. The quantitative estimate of drug-likeness (QED) is 0.592. The summed E-state index contributed by atoms with van der Waals surface area (Å²) in [5.41, 5.74) is 3.12. The van der Waals surface area contributed by atoms with Crippen LogP contribution in [0.2, 0.25) is 0 Å². The van der Waals surface area contributed by atoms with E-state index in [1.54, 1.807) is 4.52 Å². The van der Waals surface area contributed by atoms with Gasteiger partial charge < -0.3 is 0 Å². The molecule has 0 unspecified atom stereocenters. The van der Waals surface area contributed by atoms with Crippen LogP contribution in [-0.4, -0.2) is 19.8 Å². The molecule has 0 atom stereocenters. The summed E-state index contributed by atoms with van der Waals surface area (Å²) in [6.07, 6.45) is 0. The number of hydrogen-bond acceptors (Lipinski definition) is 3. The number of rotatable bonds is 0. The first kappa shape index (κ1) is 8.16. The van der Waals surface area contributed by atoms with Gasteiger partial charge in [-0.15, -0.1) is 10.2 Å². The topological polar surface area (TPSA) is 43.1 Å². The summed E-state index contributed by atoms with van der Waals surface area (Å²) in [7, 11) is 0. The van der Waals surface area contributed by atoms with Gasteiger partial charge in [-0.1, -0.05) is 5.57 Å². The Hall–Kier alpha value is -1.45. The molecular formula is C9H12N4. The van der Waals surface area contributed by atoms with Crippen LogP contribution in [-0.2, 0) is 0 Å². The molecule has 0 aliphatic heterocycles. The van der Waals surface area contributed by atoms with Crippen molar-refractivity contribution in [1.82, 2.24) is 19.8 Å². The van der Waals surface area contributed by atoms with Crippen LogP contribution in [0, 0.1) is 13.8 Å². The zero-order valence-corrected chi connectivity index (χ0v) is 8.29. The van der Waals surface area contributed by atoms with E-state index < -0.39 is 0 Å². The highest BCUT2D eigenvalue weighted by Crippen LogP contribution is 2.00. The Morgan fingerprint density at radius 3 is 2.46 bits per heavy atom. The minimum absolute atomic E-state index is 0.839. The highest BCUT2D eigenvalue weighted by Gasteiger charge is 2.08. The van der Waals surface area contributed by atoms with Crippen LogP contribution in [0.3, 0.4) is 0 Å². The maximum Gasteiger partial charge on any atom is 0.186 e. The van der Waals surface area contributed by atoms with Crippen molar-refractivity contribution in [2.24, 2.45) is 0 Å². The van der Waals surface area contributed by atoms with Crippen LogP contribution < -0.4 is 5.22 Å². The lowest BCUT2D eigenvalue weighted by Crippen LogP contribution is -2.05. The van der Waals surface area contributed by atoms with Crippen LogP contribution in [0.1, 0.15) is 25.4 Å². The van der Waals surface area contributed by atoms with Crippen molar-refractivity contribution in [2.45, 2.75) is 27.7 Å². The predicted octanol–water partition coefficient (Wildman–Crippen LogP) is 0.651. The third kappa shape index (κ3) is 1.02. The number of fused-ring (bicyclic) bond motifs is 1. The highest BCUT2D eigenvalue weighted by atomic mass is 15.4. The Kier molecular flexibility index (Phi) is 1.58. The normalized spacial score (nSPS) is 11.1. The fourth-order valence-electron chi connectivity index (χ4n) is 1.58. The maximum absolute atomic E-state index is 4.36. The fourth-order valence-corrected chi connectivity index (χ4v) is 1.58. The van der Waals surface area contributed by atoms with Gasteiger partial charge in [-0.3, -0.25) is 0 Å². The van der Waals surface area contributed by atoms with Gasteiger partial charge in [0.15, 0.2) is 11.5 Å². The largest absolute Gasteiger partial charge is 0.197 e. The first-order valence-corrected chi connectivity index (χ1v) is 4.27. The van der Waals surface area contributed by atoms with Gasteiger partial charge in [-0.05, 0) is 27.7 Å². The number of aryl methyl sites for hydroxylation is 2. The molecule has 0 bridgehead atoms. The molecule has 0 aliphatic rings. The molecule has 0 spiro atoms. The second-order valence-corrected chi connectivity index (χ2v) is 3.44. The van der Waals surface area contributed by atoms with Crippen molar-refractivity contribution in [2.75, 3.05) is 0 Å². The monoisotopic (exact) mass is 176 g/mol. The van der Waals surface area contributed by atoms with Crippen molar-refractivity contribution in [1.29, 1.82) is 0 Å². The van der Waals surface area contributed by atoms with E-state index in [0.717, 1.165) is 22.4 Å².